The van der Waals surface area contributed by atoms with E-state index in [1.807, 2.05) is 24.3 Å². The van der Waals surface area contributed by atoms with Crippen molar-refractivity contribution in [3.63, 3.8) is 0 Å². The lowest BCUT2D eigenvalue weighted by molar-refractivity contribution is 0.483. The number of nitrogens with one attached hydrogen (secondary N) is 1. The second kappa shape index (κ2) is 7.45. The predicted octanol–water partition coefficient (Wildman–Crippen LogP) is 4.11. The number of benzene rings is 2. The largest absolute Gasteiger partial charge is 0.271 e. The third-order valence-electron chi connectivity index (χ3n) is 3.22. The second-order valence-corrected chi connectivity index (χ2v) is 6.49. The molecule has 0 saturated heterocycles. The Hall–Kier alpha value is -0.820. The highest BCUT2D eigenvalue weighted by molar-refractivity contribution is 9.10. The maximum absolute atomic E-state index is 14.0. The van der Waals surface area contributed by atoms with Gasteiger partial charge in [-0.1, -0.05) is 28.1 Å². The number of hydrogen-bond acceptors (Lipinski definition) is 2. The Balaban J connectivity index is 2.16. The normalized spacial score (nSPS) is 12.4. The fraction of sp³-hybridized carbons (Fsp3) is 0.200. The van der Waals surface area contributed by atoms with Crippen molar-refractivity contribution in [1.29, 1.82) is 0 Å². The summed E-state index contributed by atoms with van der Waals surface area (Å²) in [7, 11) is 0. The Morgan fingerprint density at radius 1 is 1.00 bits per heavy atom. The van der Waals surface area contributed by atoms with Gasteiger partial charge in [-0.2, -0.15) is 0 Å². The van der Waals surface area contributed by atoms with E-state index in [0.717, 1.165) is 10.0 Å². The molecule has 6 heteroatoms. The fourth-order valence-electron chi connectivity index (χ4n) is 2.10. The SMILES string of the molecule is NNC(Cc1ccc(Br)cc1)Cc1c(F)ccc(Br)c1F. The van der Waals surface area contributed by atoms with Gasteiger partial charge in [-0.3, -0.25) is 11.3 Å². The van der Waals surface area contributed by atoms with Gasteiger partial charge in [0.1, 0.15) is 11.6 Å². The molecule has 0 bridgehead atoms. The van der Waals surface area contributed by atoms with Crippen molar-refractivity contribution >= 4 is 31.9 Å². The standard InChI is InChI=1S/C15H14Br2F2N2/c16-10-3-1-9(2-4-10)7-11(21-20)8-12-14(18)6-5-13(17)15(12)19/h1-6,11,21H,7-8,20H2. The Kier molecular flexibility index (Phi) is 5.87. The highest BCUT2D eigenvalue weighted by atomic mass is 79.9. The van der Waals surface area contributed by atoms with Crippen LogP contribution < -0.4 is 11.3 Å². The van der Waals surface area contributed by atoms with Gasteiger partial charge in [-0.25, -0.2) is 8.78 Å². The molecule has 0 aliphatic rings. The minimum atomic E-state index is -0.578. The van der Waals surface area contributed by atoms with Gasteiger partial charge in [0.2, 0.25) is 0 Å². The number of halogens is 4. The van der Waals surface area contributed by atoms with Crippen LogP contribution >= 0.6 is 31.9 Å². The summed E-state index contributed by atoms with van der Waals surface area (Å²) in [5.41, 5.74) is 3.70. The van der Waals surface area contributed by atoms with Crippen molar-refractivity contribution in [1.82, 2.24) is 5.43 Å². The Morgan fingerprint density at radius 2 is 1.67 bits per heavy atom. The first kappa shape index (κ1) is 16.5. The average Bonchev–Trinajstić information content (AvgIpc) is 2.48. The smallest absolute Gasteiger partial charge is 0.143 e. The van der Waals surface area contributed by atoms with Crippen LogP contribution in [0.5, 0.6) is 0 Å². The van der Waals surface area contributed by atoms with Crippen molar-refractivity contribution in [3.05, 3.63) is 68.1 Å². The minimum absolute atomic E-state index is 0.0319. The summed E-state index contributed by atoms with van der Waals surface area (Å²) < 4.78 is 29.0. The van der Waals surface area contributed by atoms with Gasteiger partial charge >= 0.3 is 0 Å². The van der Waals surface area contributed by atoms with Gasteiger partial charge in [0.25, 0.3) is 0 Å². The van der Waals surface area contributed by atoms with Gasteiger partial charge < -0.3 is 0 Å². The zero-order valence-electron chi connectivity index (χ0n) is 11.0. The van der Waals surface area contributed by atoms with Crippen LogP contribution in [0.25, 0.3) is 0 Å². The van der Waals surface area contributed by atoms with E-state index >= 15 is 0 Å². The summed E-state index contributed by atoms with van der Waals surface area (Å²) >= 11 is 6.43. The maximum atomic E-state index is 14.0. The molecule has 2 nitrogen and oxygen atoms in total. The summed E-state index contributed by atoms with van der Waals surface area (Å²) in [6, 6.07) is 10.1. The Labute approximate surface area is 139 Å². The van der Waals surface area contributed by atoms with Crippen molar-refractivity contribution in [2.24, 2.45) is 5.84 Å². The van der Waals surface area contributed by atoms with Crippen LogP contribution in [-0.4, -0.2) is 6.04 Å². The molecular weight excluding hydrogens is 406 g/mol. The highest BCUT2D eigenvalue weighted by Crippen LogP contribution is 2.23. The summed E-state index contributed by atoms with van der Waals surface area (Å²) in [6.45, 7) is 0. The van der Waals surface area contributed by atoms with E-state index in [1.54, 1.807) is 0 Å². The number of rotatable bonds is 5. The molecule has 2 rings (SSSR count). The molecule has 0 fully saturated rings. The van der Waals surface area contributed by atoms with E-state index in [0.29, 0.717) is 6.42 Å². The molecular formula is C15H14Br2F2N2. The topological polar surface area (TPSA) is 38.0 Å². The summed E-state index contributed by atoms with van der Waals surface area (Å²) in [4.78, 5) is 0. The molecule has 0 saturated carbocycles. The molecule has 3 N–H and O–H groups in total. The first-order valence-electron chi connectivity index (χ1n) is 6.34. The molecule has 0 amide bonds. The van der Waals surface area contributed by atoms with Crippen molar-refractivity contribution in [2.75, 3.05) is 0 Å². The molecule has 1 atom stereocenters. The molecule has 2 aromatic rings. The van der Waals surface area contributed by atoms with Gasteiger partial charge in [0, 0.05) is 16.1 Å². The van der Waals surface area contributed by atoms with E-state index in [-0.39, 0.29) is 22.5 Å². The molecule has 0 heterocycles. The first-order valence-corrected chi connectivity index (χ1v) is 7.92. The van der Waals surface area contributed by atoms with Crippen LogP contribution in [0.4, 0.5) is 8.78 Å². The summed E-state index contributed by atoms with van der Waals surface area (Å²) in [6.07, 6.45) is 0.749. The predicted molar refractivity (Wildman–Crippen MR) is 86.7 cm³/mol. The van der Waals surface area contributed by atoms with Gasteiger partial charge in [-0.05, 0) is 58.6 Å². The molecule has 2 aromatic carbocycles. The monoisotopic (exact) mass is 418 g/mol. The third-order valence-corrected chi connectivity index (χ3v) is 4.36. The van der Waals surface area contributed by atoms with E-state index in [2.05, 4.69) is 37.3 Å². The summed E-state index contributed by atoms with van der Waals surface area (Å²) in [5.74, 6) is 4.38. The fourth-order valence-corrected chi connectivity index (χ4v) is 2.73. The minimum Gasteiger partial charge on any atom is -0.271 e. The zero-order chi connectivity index (χ0) is 15.4. The van der Waals surface area contributed by atoms with E-state index in [1.165, 1.54) is 12.1 Å². The summed E-state index contributed by atoms with van der Waals surface area (Å²) in [5, 5.41) is 0. The quantitative estimate of drug-likeness (QED) is 0.434. The van der Waals surface area contributed by atoms with Crippen LogP contribution in [0.3, 0.4) is 0 Å². The number of hydrazine groups is 1. The molecule has 0 aromatic heterocycles. The Morgan fingerprint density at radius 3 is 2.29 bits per heavy atom. The van der Waals surface area contributed by atoms with E-state index < -0.39 is 11.6 Å². The van der Waals surface area contributed by atoms with Crippen LogP contribution in [0.2, 0.25) is 0 Å². The lowest BCUT2D eigenvalue weighted by Gasteiger charge is -2.17. The lowest BCUT2D eigenvalue weighted by atomic mass is 9.99. The van der Waals surface area contributed by atoms with Crippen molar-refractivity contribution in [2.45, 2.75) is 18.9 Å². The Bertz CT molecular complexity index is 618. The molecule has 0 radical (unpaired) electrons. The molecule has 0 aliphatic carbocycles. The molecule has 1 unspecified atom stereocenters. The molecule has 0 aliphatic heterocycles. The van der Waals surface area contributed by atoms with Crippen molar-refractivity contribution < 1.29 is 8.78 Å². The van der Waals surface area contributed by atoms with Crippen LogP contribution in [0, 0.1) is 11.6 Å². The first-order chi connectivity index (χ1) is 10.0. The van der Waals surface area contributed by atoms with Gasteiger partial charge in [-0.15, -0.1) is 0 Å². The van der Waals surface area contributed by atoms with Crippen LogP contribution in [0.1, 0.15) is 11.1 Å². The zero-order valence-corrected chi connectivity index (χ0v) is 14.2. The van der Waals surface area contributed by atoms with Crippen LogP contribution in [-0.2, 0) is 12.8 Å². The maximum Gasteiger partial charge on any atom is 0.143 e. The molecule has 112 valence electrons. The van der Waals surface area contributed by atoms with Gasteiger partial charge in [0.05, 0.1) is 4.47 Å². The van der Waals surface area contributed by atoms with Crippen molar-refractivity contribution in [3.8, 4) is 0 Å². The number of nitrogens with two attached hydrogens (primary N) is 1. The second-order valence-electron chi connectivity index (χ2n) is 4.72. The van der Waals surface area contributed by atoms with E-state index in [9.17, 15) is 8.78 Å². The average molecular weight is 420 g/mol. The highest BCUT2D eigenvalue weighted by Gasteiger charge is 2.17. The van der Waals surface area contributed by atoms with E-state index in [4.69, 9.17) is 5.84 Å². The molecule has 21 heavy (non-hydrogen) atoms. The van der Waals surface area contributed by atoms with Gasteiger partial charge in [0.15, 0.2) is 0 Å². The third kappa shape index (κ3) is 4.32. The number of hydrogen-bond donors (Lipinski definition) is 2. The van der Waals surface area contributed by atoms with Crippen LogP contribution in [0.15, 0.2) is 45.3 Å². The lowest BCUT2D eigenvalue weighted by Crippen LogP contribution is -2.38. The molecule has 0 spiro atoms.